The van der Waals surface area contributed by atoms with Gasteiger partial charge in [0.1, 0.15) is 0 Å². The number of aliphatic hydroxyl groups is 1. The molecule has 1 aliphatic rings. The van der Waals surface area contributed by atoms with E-state index in [9.17, 15) is 5.11 Å². The molecule has 3 aromatic heterocycles. The highest BCUT2D eigenvalue weighted by Gasteiger charge is 2.30. The second kappa shape index (κ2) is 10.2. The van der Waals surface area contributed by atoms with Crippen LogP contribution in [0.1, 0.15) is 56.0 Å². The Bertz CT molecular complexity index is 1590. The molecule has 7 heteroatoms. The summed E-state index contributed by atoms with van der Waals surface area (Å²) in [6.45, 7) is 7.30. The van der Waals surface area contributed by atoms with Crippen molar-refractivity contribution in [3.63, 3.8) is 0 Å². The van der Waals surface area contributed by atoms with Crippen LogP contribution in [-0.2, 0) is 18.2 Å². The van der Waals surface area contributed by atoms with Gasteiger partial charge in [-0.1, -0.05) is 41.6 Å². The molecular formula is C32H37N5O2. The summed E-state index contributed by atoms with van der Waals surface area (Å²) in [4.78, 5) is 5.08. The standard InChI is InChI=1S/C32H37N5O2/c1-21-30(36(4)35-34-21)25-19-28-29(33-20-25)26-18-22(12-15-32(2,3)38)10-11-27(26)37(28)31(23-8-6-5-7-9-23)24-13-16-39-17-14-24/h5-11,18-20,24,31,38H,12-17H2,1-4H3/t31-/m1/s1. The summed E-state index contributed by atoms with van der Waals surface area (Å²) in [6.07, 6.45) is 5.50. The Morgan fingerprint density at radius 2 is 1.82 bits per heavy atom. The first-order valence-electron chi connectivity index (χ1n) is 13.9. The highest BCUT2D eigenvalue weighted by atomic mass is 16.5. The van der Waals surface area contributed by atoms with Gasteiger partial charge in [0.25, 0.3) is 0 Å². The molecule has 1 saturated heterocycles. The Hall–Kier alpha value is -3.55. The summed E-state index contributed by atoms with van der Waals surface area (Å²) in [5, 5.41) is 20.0. The van der Waals surface area contributed by atoms with E-state index >= 15 is 0 Å². The zero-order valence-corrected chi connectivity index (χ0v) is 23.3. The summed E-state index contributed by atoms with van der Waals surface area (Å²) < 4.78 is 10.1. The van der Waals surface area contributed by atoms with Crippen molar-refractivity contribution in [3.05, 3.63) is 77.6 Å². The highest BCUT2D eigenvalue weighted by molar-refractivity contribution is 6.07. The Morgan fingerprint density at radius 3 is 2.51 bits per heavy atom. The van der Waals surface area contributed by atoms with Gasteiger partial charge in [-0.05, 0) is 81.7 Å². The lowest BCUT2D eigenvalue weighted by Crippen LogP contribution is -2.26. The van der Waals surface area contributed by atoms with Crippen LogP contribution in [0.25, 0.3) is 33.2 Å². The van der Waals surface area contributed by atoms with E-state index in [1.54, 1.807) is 0 Å². The Labute approximate surface area is 229 Å². The SMILES string of the molecule is Cc1nnn(C)c1-c1cnc2c3cc(CCC(C)(C)O)ccc3n([C@H](c3ccccc3)C3CCOCC3)c2c1. The molecule has 2 aromatic carbocycles. The minimum Gasteiger partial charge on any atom is -0.390 e. The second-order valence-electron chi connectivity index (χ2n) is 11.6. The van der Waals surface area contributed by atoms with Crippen LogP contribution in [-0.4, -0.2) is 48.5 Å². The van der Waals surface area contributed by atoms with Crippen molar-refractivity contribution in [2.75, 3.05) is 13.2 Å². The summed E-state index contributed by atoms with van der Waals surface area (Å²) in [5.41, 5.74) is 7.99. The largest absolute Gasteiger partial charge is 0.390 e. The van der Waals surface area contributed by atoms with E-state index in [1.807, 2.05) is 38.7 Å². The molecule has 5 aromatic rings. The molecule has 1 N–H and O–H groups in total. The molecule has 202 valence electrons. The molecule has 1 aliphatic heterocycles. The maximum absolute atomic E-state index is 10.3. The number of aromatic nitrogens is 5. The lowest BCUT2D eigenvalue weighted by molar-refractivity contribution is 0.0552. The lowest BCUT2D eigenvalue weighted by atomic mass is 9.86. The van der Waals surface area contributed by atoms with Crippen molar-refractivity contribution in [1.82, 2.24) is 24.5 Å². The van der Waals surface area contributed by atoms with Crippen LogP contribution in [0, 0.1) is 12.8 Å². The van der Waals surface area contributed by atoms with Gasteiger partial charge in [0.15, 0.2) is 0 Å². The topological polar surface area (TPSA) is 78.0 Å². The Morgan fingerprint density at radius 1 is 1.05 bits per heavy atom. The number of hydrogen-bond donors (Lipinski definition) is 1. The molecule has 4 heterocycles. The molecular weight excluding hydrogens is 486 g/mol. The van der Waals surface area contributed by atoms with Gasteiger partial charge < -0.3 is 14.4 Å². The van der Waals surface area contributed by atoms with Gasteiger partial charge in [0.2, 0.25) is 0 Å². The lowest BCUT2D eigenvalue weighted by Gasteiger charge is -2.33. The van der Waals surface area contributed by atoms with Crippen molar-refractivity contribution in [2.45, 2.75) is 58.1 Å². The van der Waals surface area contributed by atoms with E-state index in [-0.39, 0.29) is 6.04 Å². The molecule has 0 amide bonds. The number of ether oxygens (including phenoxy) is 1. The fourth-order valence-electron chi connectivity index (χ4n) is 6.16. The smallest absolute Gasteiger partial charge is 0.0960 e. The predicted molar refractivity (Wildman–Crippen MR) is 155 cm³/mol. The summed E-state index contributed by atoms with van der Waals surface area (Å²) in [5.74, 6) is 0.443. The Kier molecular flexibility index (Phi) is 6.73. The zero-order valence-electron chi connectivity index (χ0n) is 23.3. The first-order chi connectivity index (χ1) is 18.8. The normalized spacial score (nSPS) is 15.8. The van der Waals surface area contributed by atoms with Crippen molar-refractivity contribution in [2.24, 2.45) is 13.0 Å². The van der Waals surface area contributed by atoms with E-state index in [1.165, 1.54) is 16.6 Å². The summed E-state index contributed by atoms with van der Waals surface area (Å²) in [7, 11) is 1.93. The predicted octanol–water partition coefficient (Wildman–Crippen LogP) is 6.01. The monoisotopic (exact) mass is 523 g/mol. The fraction of sp³-hybridized carbons (Fsp3) is 0.406. The highest BCUT2D eigenvalue weighted by Crippen LogP contribution is 2.41. The quantitative estimate of drug-likeness (QED) is 0.283. The second-order valence-corrected chi connectivity index (χ2v) is 11.6. The van der Waals surface area contributed by atoms with Crippen LogP contribution in [0.15, 0.2) is 60.8 Å². The van der Waals surface area contributed by atoms with Gasteiger partial charge in [-0.25, -0.2) is 4.68 Å². The summed E-state index contributed by atoms with van der Waals surface area (Å²) in [6, 6.07) is 20.0. The van der Waals surface area contributed by atoms with Crippen LogP contribution >= 0.6 is 0 Å². The molecule has 0 radical (unpaired) electrons. The molecule has 7 nitrogen and oxygen atoms in total. The maximum Gasteiger partial charge on any atom is 0.0960 e. The number of benzene rings is 2. The maximum atomic E-state index is 10.3. The molecule has 0 aliphatic carbocycles. The van der Waals surface area contributed by atoms with Crippen LogP contribution < -0.4 is 0 Å². The molecule has 0 bridgehead atoms. The van der Waals surface area contributed by atoms with Crippen molar-refractivity contribution in [3.8, 4) is 11.3 Å². The van der Waals surface area contributed by atoms with Gasteiger partial charge in [-0.2, -0.15) is 0 Å². The first kappa shape index (κ1) is 25.7. The van der Waals surface area contributed by atoms with E-state index in [0.29, 0.717) is 12.3 Å². The number of aryl methyl sites for hydroxylation is 3. The molecule has 0 unspecified atom stereocenters. The van der Waals surface area contributed by atoms with Gasteiger partial charge in [0, 0.05) is 37.4 Å². The number of nitrogens with zero attached hydrogens (tertiary/aromatic N) is 5. The van der Waals surface area contributed by atoms with Crippen LogP contribution in [0.2, 0.25) is 0 Å². The van der Waals surface area contributed by atoms with E-state index in [2.05, 4.69) is 69.5 Å². The molecule has 1 atom stereocenters. The number of fused-ring (bicyclic) bond motifs is 3. The fourth-order valence-corrected chi connectivity index (χ4v) is 6.16. The van der Waals surface area contributed by atoms with Crippen molar-refractivity contribution in [1.29, 1.82) is 0 Å². The third kappa shape index (κ3) is 4.97. The van der Waals surface area contributed by atoms with Crippen LogP contribution in [0.5, 0.6) is 0 Å². The average molecular weight is 524 g/mol. The van der Waals surface area contributed by atoms with Crippen molar-refractivity contribution >= 4 is 21.9 Å². The molecule has 0 spiro atoms. The number of rotatable bonds is 7. The first-order valence-corrected chi connectivity index (χ1v) is 13.9. The van der Waals surface area contributed by atoms with E-state index in [4.69, 9.17) is 9.72 Å². The number of hydrogen-bond acceptors (Lipinski definition) is 5. The third-order valence-corrected chi connectivity index (χ3v) is 8.13. The van der Waals surface area contributed by atoms with Crippen LogP contribution in [0.4, 0.5) is 0 Å². The molecule has 6 rings (SSSR count). The molecule has 0 saturated carbocycles. The van der Waals surface area contributed by atoms with Gasteiger partial charge in [0.05, 0.1) is 39.6 Å². The minimum atomic E-state index is -0.702. The van der Waals surface area contributed by atoms with Gasteiger partial charge in [-0.15, -0.1) is 5.10 Å². The van der Waals surface area contributed by atoms with Gasteiger partial charge in [-0.3, -0.25) is 4.98 Å². The summed E-state index contributed by atoms with van der Waals surface area (Å²) >= 11 is 0. The minimum absolute atomic E-state index is 0.153. The van der Waals surface area contributed by atoms with Crippen molar-refractivity contribution < 1.29 is 9.84 Å². The van der Waals surface area contributed by atoms with E-state index < -0.39 is 5.60 Å². The van der Waals surface area contributed by atoms with Crippen LogP contribution in [0.3, 0.4) is 0 Å². The molecule has 39 heavy (non-hydrogen) atoms. The molecule has 1 fully saturated rings. The van der Waals surface area contributed by atoms with E-state index in [0.717, 1.165) is 65.8 Å². The zero-order chi connectivity index (χ0) is 27.1. The Balaban J connectivity index is 1.60. The number of pyridine rings is 1. The average Bonchev–Trinajstić information content (AvgIpc) is 3.44. The third-order valence-electron chi connectivity index (χ3n) is 8.13. The van der Waals surface area contributed by atoms with Gasteiger partial charge >= 0.3 is 0 Å².